The third kappa shape index (κ3) is 3.62. The minimum atomic E-state index is -1.14. The van der Waals surface area contributed by atoms with Gasteiger partial charge < -0.3 is 14.2 Å². The fourth-order valence-electron chi connectivity index (χ4n) is 7.89. The van der Waals surface area contributed by atoms with Crippen LogP contribution < -0.4 is 4.90 Å². The second kappa shape index (κ2) is 9.91. The van der Waals surface area contributed by atoms with Crippen LogP contribution in [0.4, 0.5) is 5.69 Å². The van der Waals surface area contributed by atoms with E-state index in [1.165, 1.54) is 15.7 Å². The minimum absolute atomic E-state index is 0.206. The molecule has 0 spiro atoms. The van der Waals surface area contributed by atoms with Crippen molar-refractivity contribution in [2.75, 3.05) is 4.90 Å². The van der Waals surface area contributed by atoms with Crippen LogP contribution in [0.2, 0.25) is 0 Å². The highest BCUT2D eigenvalue weighted by Crippen LogP contribution is 2.45. The zero-order chi connectivity index (χ0) is 32.1. The van der Waals surface area contributed by atoms with E-state index >= 15 is 0 Å². The molecule has 2 aromatic heterocycles. The number of para-hydroxylation sites is 2. The van der Waals surface area contributed by atoms with Crippen LogP contribution in [-0.2, 0) is 0 Å². The van der Waals surface area contributed by atoms with Gasteiger partial charge in [-0.25, -0.2) is 0 Å². The zero-order valence-electron chi connectivity index (χ0n) is 26.1. The van der Waals surface area contributed by atoms with Crippen LogP contribution in [0.1, 0.15) is 27.7 Å². The number of carbonyl (C=O) groups is 1. The lowest BCUT2D eigenvalue weighted by Gasteiger charge is -2.22. The quantitative estimate of drug-likeness (QED) is 0.214. The first kappa shape index (κ1) is 27.0. The molecule has 1 unspecified atom stereocenters. The largest absolute Gasteiger partial charge is 0.369 e. The summed E-state index contributed by atoms with van der Waals surface area (Å²) < 4.78 is 4.61. The molecule has 9 aromatic rings. The fourth-order valence-corrected chi connectivity index (χ4v) is 7.89. The van der Waals surface area contributed by atoms with Crippen molar-refractivity contribution < 1.29 is 9.90 Å². The van der Waals surface area contributed by atoms with Crippen LogP contribution in [0.25, 0.3) is 65.8 Å². The highest BCUT2D eigenvalue weighted by Gasteiger charge is 2.39. The number of amides is 1. The van der Waals surface area contributed by atoms with Gasteiger partial charge in [0.25, 0.3) is 5.91 Å². The van der Waals surface area contributed by atoms with Crippen molar-refractivity contribution >= 4 is 66.0 Å². The molecular formula is C43H29N3O2. The Bertz CT molecular complexity index is 2790. The Labute approximate surface area is 276 Å². The lowest BCUT2D eigenvalue weighted by Crippen LogP contribution is -2.27. The van der Waals surface area contributed by atoms with Gasteiger partial charge in [0, 0.05) is 44.0 Å². The molecule has 48 heavy (non-hydrogen) atoms. The number of aromatic nitrogens is 2. The van der Waals surface area contributed by atoms with Crippen molar-refractivity contribution in [2.24, 2.45) is 0 Å². The summed E-state index contributed by atoms with van der Waals surface area (Å²) in [4.78, 5) is 15.4. The Morgan fingerprint density at radius 1 is 0.562 bits per heavy atom. The van der Waals surface area contributed by atoms with E-state index in [4.69, 9.17) is 0 Å². The maximum atomic E-state index is 13.9. The molecule has 0 saturated carbocycles. The normalized spacial score (nSPS) is 14.7. The van der Waals surface area contributed by atoms with E-state index in [0.29, 0.717) is 16.8 Å². The molecule has 0 radical (unpaired) electrons. The van der Waals surface area contributed by atoms with Crippen molar-refractivity contribution in [1.29, 1.82) is 0 Å². The standard InChI is InChI=1S/C43H29N3O2/c1-26-17-20-29(21-18-26)45-42(47)34-13-8-16-37(40(34)43(45)48)46-35-14-6-4-11-31(35)32-23-24-38-39(41(32)46)33-12-5-7-15-36(33)44(38)30-22-19-27-9-2-3-10-28(27)25-30/h2-25,43,48H,1H3. The Balaban J connectivity index is 1.31. The summed E-state index contributed by atoms with van der Waals surface area (Å²) in [6, 6.07) is 50.0. The molecule has 1 aliphatic heterocycles. The van der Waals surface area contributed by atoms with Gasteiger partial charge in [-0.1, -0.05) is 96.6 Å². The summed E-state index contributed by atoms with van der Waals surface area (Å²) in [6.07, 6.45) is -1.14. The first-order valence-corrected chi connectivity index (χ1v) is 16.2. The Morgan fingerprint density at radius 2 is 1.25 bits per heavy atom. The smallest absolute Gasteiger partial charge is 0.261 e. The number of anilines is 1. The van der Waals surface area contributed by atoms with Crippen molar-refractivity contribution in [3.05, 3.63) is 162 Å². The maximum absolute atomic E-state index is 13.9. The third-order valence-corrected chi connectivity index (χ3v) is 10.0. The van der Waals surface area contributed by atoms with Gasteiger partial charge in [0.05, 0.1) is 27.8 Å². The molecule has 0 saturated heterocycles. The fraction of sp³-hybridized carbons (Fsp3) is 0.0465. The summed E-state index contributed by atoms with van der Waals surface area (Å²) >= 11 is 0. The lowest BCUT2D eigenvalue weighted by molar-refractivity contribution is 0.0935. The monoisotopic (exact) mass is 619 g/mol. The van der Waals surface area contributed by atoms with Crippen LogP contribution in [0, 0.1) is 6.92 Å². The highest BCUT2D eigenvalue weighted by molar-refractivity contribution is 6.26. The van der Waals surface area contributed by atoms with E-state index in [9.17, 15) is 9.90 Å². The molecule has 7 aromatic carbocycles. The van der Waals surface area contributed by atoms with Gasteiger partial charge >= 0.3 is 0 Å². The molecule has 1 N–H and O–H groups in total. The molecule has 1 amide bonds. The van der Waals surface area contributed by atoms with E-state index in [1.807, 2.05) is 49.4 Å². The van der Waals surface area contributed by atoms with Crippen LogP contribution in [-0.4, -0.2) is 20.1 Å². The van der Waals surface area contributed by atoms with Crippen molar-refractivity contribution in [3.8, 4) is 11.4 Å². The number of aliphatic hydroxyl groups excluding tert-OH is 1. The topological polar surface area (TPSA) is 50.4 Å². The molecular weight excluding hydrogens is 590 g/mol. The number of fused-ring (bicyclic) bond motifs is 9. The number of aliphatic hydroxyl groups is 1. The summed E-state index contributed by atoms with van der Waals surface area (Å²) in [5.74, 6) is -0.206. The van der Waals surface area contributed by atoms with E-state index in [1.54, 1.807) is 0 Å². The number of rotatable bonds is 3. The van der Waals surface area contributed by atoms with Crippen molar-refractivity contribution in [1.82, 2.24) is 9.13 Å². The maximum Gasteiger partial charge on any atom is 0.261 e. The Kier molecular flexibility index (Phi) is 5.57. The summed E-state index contributed by atoms with van der Waals surface area (Å²) in [6.45, 7) is 2.01. The number of hydrogen-bond donors (Lipinski definition) is 1. The zero-order valence-corrected chi connectivity index (χ0v) is 26.1. The number of carbonyl (C=O) groups excluding carboxylic acids is 1. The van der Waals surface area contributed by atoms with Crippen molar-refractivity contribution in [3.63, 3.8) is 0 Å². The summed E-state index contributed by atoms with van der Waals surface area (Å²) in [5.41, 5.74) is 9.05. The number of hydrogen-bond acceptors (Lipinski definition) is 2. The first-order valence-electron chi connectivity index (χ1n) is 16.2. The summed E-state index contributed by atoms with van der Waals surface area (Å²) in [5, 5.41) is 18.9. The molecule has 3 heterocycles. The second-order valence-electron chi connectivity index (χ2n) is 12.7. The van der Waals surface area contributed by atoms with Gasteiger partial charge in [0.15, 0.2) is 6.23 Å². The molecule has 0 bridgehead atoms. The van der Waals surface area contributed by atoms with Gasteiger partial charge in [0.1, 0.15) is 0 Å². The lowest BCUT2D eigenvalue weighted by atomic mass is 10.1. The number of aryl methyl sites for hydroxylation is 1. The number of benzene rings is 7. The predicted molar refractivity (Wildman–Crippen MR) is 196 cm³/mol. The highest BCUT2D eigenvalue weighted by atomic mass is 16.3. The number of nitrogens with zero attached hydrogens (tertiary/aromatic N) is 3. The Hall–Kier alpha value is -6.17. The molecule has 1 atom stereocenters. The van der Waals surface area contributed by atoms with E-state index < -0.39 is 6.23 Å². The van der Waals surface area contributed by atoms with Gasteiger partial charge in [-0.2, -0.15) is 0 Å². The van der Waals surface area contributed by atoms with Crippen LogP contribution >= 0.6 is 0 Å². The van der Waals surface area contributed by atoms with Gasteiger partial charge in [-0.3, -0.25) is 9.69 Å². The minimum Gasteiger partial charge on any atom is -0.369 e. The van der Waals surface area contributed by atoms with Crippen LogP contribution in [0.5, 0.6) is 0 Å². The Morgan fingerprint density at radius 3 is 2.06 bits per heavy atom. The van der Waals surface area contributed by atoms with Gasteiger partial charge in [0.2, 0.25) is 0 Å². The van der Waals surface area contributed by atoms with E-state index in [2.05, 4.69) is 112 Å². The van der Waals surface area contributed by atoms with Gasteiger partial charge in [-0.05, 0) is 72.3 Å². The molecule has 5 nitrogen and oxygen atoms in total. The molecule has 10 rings (SSSR count). The molecule has 1 aliphatic rings. The second-order valence-corrected chi connectivity index (χ2v) is 12.7. The van der Waals surface area contributed by atoms with Crippen molar-refractivity contribution in [2.45, 2.75) is 13.2 Å². The molecule has 0 aliphatic carbocycles. The van der Waals surface area contributed by atoms with E-state index in [-0.39, 0.29) is 5.91 Å². The third-order valence-electron chi connectivity index (χ3n) is 10.0. The van der Waals surface area contributed by atoms with E-state index in [0.717, 1.165) is 60.5 Å². The van der Waals surface area contributed by atoms with Crippen LogP contribution in [0.3, 0.4) is 0 Å². The molecule has 0 fully saturated rings. The first-order chi connectivity index (χ1) is 23.6. The summed E-state index contributed by atoms with van der Waals surface area (Å²) in [7, 11) is 0. The van der Waals surface area contributed by atoms with Gasteiger partial charge in [-0.15, -0.1) is 0 Å². The predicted octanol–water partition coefficient (Wildman–Crippen LogP) is 9.99. The average molecular weight is 620 g/mol. The van der Waals surface area contributed by atoms with Crippen LogP contribution in [0.15, 0.2) is 146 Å². The average Bonchev–Trinajstić information content (AvgIpc) is 3.73. The molecule has 5 heteroatoms. The molecule has 228 valence electrons. The SMILES string of the molecule is Cc1ccc(N2C(=O)c3cccc(-n4c5ccccc5c5ccc6c(c7ccccc7n6-c6ccc7ccccc7c6)c54)c3C2O)cc1.